The Bertz CT molecular complexity index is 473. The summed E-state index contributed by atoms with van der Waals surface area (Å²) in [6.45, 7) is 5.21. The van der Waals surface area contributed by atoms with Gasteiger partial charge in [0, 0.05) is 26.2 Å². The zero-order valence-corrected chi connectivity index (χ0v) is 12.3. The summed E-state index contributed by atoms with van der Waals surface area (Å²) in [5.74, 6) is 1.08. The molecule has 0 N–H and O–H groups in total. The maximum atomic E-state index is 12.6. The van der Waals surface area contributed by atoms with Crippen molar-refractivity contribution in [1.29, 1.82) is 0 Å². The van der Waals surface area contributed by atoms with Crippen LogP contribution in [0.4, 0.5) is 0 Å². The van der Waals surface area contributed by atoms with Crippen LogP contribution in [0.25, 0.3) is 0 Å². The van der Waals surface area contributed by atoms with Crippen LogP contribution >= 0.6 is 0 Å². The molecule has 1 radical (unpaired) electrons. The second-order valence-electron chi connectivity index (χ2n) is 4.63. The largest absolute Gasteiger partial charge is 0.493 e. The van der Waals surface area contributed by atoms with E-state index in [-0.39, 0.29) is 5.91 Å². The van der Waals surface area contributed by atoms with Crippen LogP contribution < -0.4 is 9.47 Å². The summed E-state index contributed by atoms with van der Waals surface area (Å²) in [7, 11) is 5.19. The predicted octanol–water partition coefficient (Wildman–Crippen LogP) is 1.13. The SMILES string of the molecule is C[B]N1CCN(C(=O)c2cccc(OC)c2OC)CC1. The normalized spacial score (nSPS) is 15.8. The quantitative estimate of drug-likeness (QED) is 0.772. The number of piperazine rings is 1. The van der Waals surface area contributed by atoms with Crippen molar-refractivity contribution in [2.75, 3.05) is 40.4 Å². The van der Waals surface area contributed by atoms with Crippen LogP contribution in [0.2, 0.25) is 6.82 Å². The lowest BCUT2D eigenvalue weighted by Gasteiger charge is -2.34. The van der Waals surface area contributed by atoms with Crippen molar-refractivity contribution < 1.29 is 14.3 Å². The van der Waals surface area contributed by atoms with Crippen LogP contribution in [-0.2, 0) is 0 Å². The molecule has 0 saturated carbocycles. The first-order valence-electron chi connectivity index (χ1n) is 6.75. The summed E-state index contributed by atoms with van der Waals surface area (Å²) in [5, 5.41) is 0. The van der Waals surface area contributed by atoms with E-state index in [1.165, 1.54) is 0 Å². The molecule has 107 valence electrons. The van der Waals surface area contributed by atoms with Crippen molar-refractivity contribution in [3.8, 4) is 11.5 Å². The summed E-state index contributed by atoms with van der Waals surface area (Å²) in [6, 6.07) is 5.38. The molecule has 5 nitrogen and oxygen atoms in total. The first-order chi connectivity index (χ1) is 9.71. The molecular weight excluding hydrogens is 255 g/mol. The predicted molar refractivity (Wildman–Crippen MR) is 78.6 cm³/mol. The average molecular weight is 275 g/mol. The summed E-state index contributed by atoms with van der Waals surface area (Å²) >= 11 is 0. The van der Waals surface area contributed by atoms with E-state index in [0.29, 0.717) is 17.1 Å². The van der Waals surface area contributed by atoms with E-state index in [0.717, 1.165) is 26.2 Å². The second kappa shape index (κ2) is 6.66. The number of ether oxygens (including phenoxy) is 2. The van der Waals surface area contributed by atoms with E-state index in [9.17, 15) is 4.79 Å². The fourth-order valence-electron chi connectivity index (χ4n) is 2.41. The van der Waals surface area contributed by atoms with Crippen molar-refractivity contribution in [1.82, 2.24) is 9.71 Å². The van der Waals surface area contributed by atoms with E-state index in [2.05, 4.69) is 12.2 Å². The van der Waals surface area contributed by atoms with Crippen molar-refractivity contribution in [2.45, 2.75) is 6.82 Å². The number of carbonyl (C=O) groups excluding carboxylic acids is 1. The minimum atomic E-state index is -0.00324. The van der Waals surface area contributed by atoms with Crippen molar-refractivity contribution in [2.24, 2.45) is 0 Å². The van der Waals surface area contributed by atoms with Crippen LogP contribution in [-0.4, -0.2) is 63.4 Å². The van der Waals surface area contributed by atoms with Crippen molar-refractivity contribution in [3.63, 3.8) is 0 Å². The van der Waals surface area contributed by atoms with Crippen LogP contribution in [0.1, 0.15) is 10.4 Å². The molecule has 1 aliphatic heterocycles. The minimum Gasteiger partial charge on any atom is -0.493 e. The molecule has 1 aromatic carbocycles. The Hall–Kier alpha value is -1.69. The highest BCUT2D eigenvalue weighted by Gasteiger charge is 2.24. The van der Waals surface area contributed by atoms with Gasteiger partial charge in [0.15, 0.2) is 11.5 Å². The molecule has 0 spiro atoms. The Morgan fingerprint density at radius 3 is 2.40 bits per heavy atom. The second-order valence-corrected chi connectivity index (χ2v) is 4.63. The first-order valence-corrected chi connectivity index (χ1v) is 6.75. The number of methoxy groups -OCH3 is 2. The fraction of sp³-hybridized carbons (Fsp3) is 0.500. The maximum absolute atomic E-state index is 12.6. The molecule has 1 aromatic rings. The van der Waals surface area contributed by atoms with Crippen molar-refractivity contribution >= 4 is 13.3 Å². The highest BCUT2D eigenvalue weighted by atomic mass is 16.5. The van der Waals surface area contributed by atoms with E-state index >= 15 is 0 Å². The average Bonchev–Trinajstić information content (AvgIpc) is 2.53. The summed E-state index contributed by atoms with van der Waals surface area (Å²) in [5.41, 5.74) is 0.556. The molecule has 0 atom stereocenters. The molecule has 6 heteroatoms. The van der Waals surface area contributed by atoms with Gasteiger partial charge in [0.1, 0.15) is 0 Å². The van der Waals surface area contributed by atoms with Crippen LogP contribution in [0.5, 0.6) is 11.5 Å². The molecule has 1 saturated heterocycles. The third-order valence-electron chi connectivity index (χ3n) is 3.60. The van der Waals surface area contributed by atoms with Gasteiger partial charge >= 0.3 is 0 Å². The lowest BCUT2D eigenvalue weighted by atomic mass is 9.94. The maximum Gasteiger partial charge on any atom is 0.257 e. The molecule has 0 aliphatic carbocycles. The highest BCUT2D eigenvalue weighted by Crippen LogP contribution is 2.31. The summed E-state index contributed by atoms with van der Waals surface area (Å²) in [6.07, 6.45) is 0. The summed E-state index contributed by atoms with van der Waals surface area (Å²) < 4.78 is 10.6. The van der Waals surface area contributed by atoms with E-state index in [1.807, 2.05) is 17.8 Å². The van der Waals surface area contributed by atoms with Gasteiger partial charge in [0.05, 0.1) is 19.8 Å². The topological polar surface area (TPSA) is 42.0 Å². The molecule has 0 bridgehead atoms. The third kappa shape index (κ3) is 2.90. The van der Waals surface area contributed by atoms with E-state index in [1.54, 1.807) is 26.4 Å². The van der Waals surface area contributed by atoms with Gasteiger partial charge < -0.3 is 19.2 Å². The van der Waals surface area contributed by atoms with Gasteiger partial charge in [-0.25, -0.2) is 0 Å². The number of benzene rings is 1. The van der Waals surface area contributed by atoms with Gasteiger partial charge in [0.25, 0.3) is 5.91 Å². The zero-order valence-electron chi connectivity index (χ0n) is 12.3. The van der Waals surface area contributed by atoms with Gasteiger partial charge in [0.2, 0.25) is 7.41 Å². The number of rotatable bonds is 4. The number of hydrogen-bond donors (Lipinski definition) is 0. The molecule has 0 unspecified atom stereocenters. The lowest BCUT2D eigenvalue weighted by molar-refractivity contribution is 0.0694. The lowest BCUT2D eigenvalue weighted by Crippen LogP contribution is -2.49. The molecule has 1 fully saturated rings. The van der Waals surface area contributed by atoms with Gasteiger partial charge in [-0.2, -0.15) is 0 Å². The number of nitrogens with zero attached hydrogens (tertiary/aromatic N) is 2. The summed E-state index contributed by atoms with van der Waals surface area (Å²) in [4.78, 5) is 16.7. The van der Waals surface area contributed by atoms with E-state index in [4.69, 9.17) is 9.47 Å². The number of carbonyl (C=O) groups is 1. The van der Waals surface area contributed by atoms with E-state index < -0.39 is 0 Å². The van der Waals surface area contributed by atoms with Crippen molar-refractivity contribution in [3.05, 3.63) is 23.8 Å². The Kier molecular flexibility index (Phi) is 4.90. The molecule has 0 aromatic heterocycles. The number of para-hydroxylation sites is 1. The highest BCUT2D eigenvalue weighted by molar-refractivity contribution is 6.29. The smallest absolute Gasteiger partial charge is 0.257 e. The molecule has 2 rings (SSSR count). The van der Waals surface area contributed by atoms with Gasteiger partial charge in [-0.1, -0.05) is 12.9 Å². The number of amides is 1. The number of hydrogen-bond acceptors (Lipinski definition) is 4. The zero-order chi connectivity index (χ0) is 14.5. The van der Waals surface area contributed by atoms with Gasteiger partial charge in [-0.05, 0) is 12.1 Å². The molecule has 1 heterocycles. The molecule has 20 heavy (non-hydrogen) atoms. The Morgan fingerprint density at radius 2 is 1.85 bits per heavy atom. The van der Waals surface area contributed by atoms with Crippen LogP contribution in [0, 0.1) is 0 Å². The fourth-order valence-corrected chi connectivity index (χ4v) is 2.41. The Morgan fingerprint density at radius 1 is 1.15 bits per heavy atom. The van der Waals surface area contributed by atoms with Crippen LogP contribution in [0.3, 0.4) is 0 Å². The minimum absolute atomic E-state index is 0.00324. The third-order valence-corrected chi connectivity index (χ3v) is 3.60. The Balaban J connectivity index is 2.17. The molecule has 1 amide bonds. The molecule has 1 aliphatic rings. The van der Waals surface area contributed by atoms with Gasteiger partial charge in [-0.3, -0.25) is 4.79 Å². The molecular formula is C14H20BN2O3. The standard InChI is InChI=1S/C14H20BN2O3/c1-15-17-9-7-16(8-10-17)14(18)11-5-4-6-12(19-2)13(11)20-3/h4-6H,7-10H2,1-3H3. The van der Waals surface area contributed by atoms with Gasteiger partial charge in [-0.15, -0.1) is 0 Å². The monoisotopic (exact) mass is 275 g/mol. The van der Waals surface area contributed by atoms with Crippen LogP contribution in [0.15, 0.2) is 18.2 Å². The Labute approximate surface area is 120 Å². The first kappa shape index (κ1) is 14.7.